The Labute approximate surface area is 101 Å². The SMILES string of the molecule is O=C(CCc1ccccn1)NCC1CC(O)C1. The van der Waals surface area contributed by atoms with E-state index in [1.807, 2.05) is 18.2 Å². The number of aliphatic hydroxyl groups excluding tert-OH is 1. The van der Waals surface area contributed by atoms with E-state index in [1.165, 1.54) is 0 Å². The van der Waals surface area contributed by atoms with Crippen LogP contribution in [0.2, 0.25) is 0 Å². The standard InChI is InChI=1S/C13H18N2O2/c16-12-7-10(8-12)9-15-13(17)5-4-11-3-1-2-6-14-11/h1-3,6,10,12,16H,4-5,7-9H2,(H,15,17). The van der Waals surface area contributed by atoms with Crippen molar-refractivity contribution in [3.63, 3.8) is 0 Å². The van der Waals surface area contributed by atoms with Gasteiger partial charge in [0.05, 0.1) is 6.10 Å². The number of aromatic nitrogens is 1. The number of carbonyl (C=O) groups is 1. The first-order valence-corrected chi connectivity index (χ1v) is 6.08. The molecule has 1 amide bonds. The lowest BCUT2D eigenvalue weighted by molar-refractivity contribution is -0.121. The molecule has 1 aromatic rings. The third-order valence-electron chi connectivity index (χ3n) is 3.13. The lowest BCUT2D eigenvalue weighted by Crippen LogP contribution is -2.38. The van der Waals surface area contributed by atoms with Gasteiger partial charge in [0.15, 0.2) is 0 Å². The van der Waals surface area contributed by atoms with Crippen LogP contribution in [-0.4, -0.2) is 28.6 Å². The number of hydrogen-bond acceptors (Lipinski definition) is 3. The van der Waals surface area contributed by atoms with Gasteiger partial charge in [0.1, 0.15) is 0 Å². The Morgan fingerprint density at radius 3 is 2.94 bits per heavy atom. The first-order valence-electron chi connectivity index (χ1n) is 6.08. The number of pyridine rings is 1. The zero-order chi connectivity index (χ0) is 12.1. The van der Waals surface area contributed by atoms with E-state index in [2.05, 4.69) is 10.3 Å². The number of aryl methyl sites for hydroxylation is 1. The maximum Gasteiger partial charge on any atom is 0.220 e. The van der Waals surface area contributed by atoms with Gasteiger partial charge in [-0.1, -0.05) is 6.07 Å². The van der Waals surface area contributed by atoms with E-state index in [1.54, 1.807) is 6.20 Å². The highest BCUT2D eigenvalue weighted by molar-refractivity contribution is 5.76. The zero-order valence-corrected chi connectivity index (χ0v) is 9.80. The lowest BCUT2D eigenvalue weighted by atomic mass is 9.82. The van der Waals surface area contributed by atoms with Crippen molar-refractivity contribution < 1.29 is 9.90 Å². The Hall–Kier alpha value is -1.42. The second kappa shape index (κ2) is 5.77. The molecule has 4 nitrogen and oxygen atoms in total. The molecule has 1 aliphatic carbocycles. The molecule has 1 saturated carbocycles. The van der Waals surface area contributed by atoms with Gasteiger partial charge in [0, 0.05) is 24.9 Å². The molecule has 0 saturated heterocycles. The van der Waals surface area contributed by atoms with Crippen molar-refractivity contribution in [1.82, 2.24) is 10.3 Å². The Bertz CT molecular complexity index is 361. The Morgan fingerprint density at radius 1 is 1.47 bits per heavy atom. The van der Waals surface area contributed by atoms with E-state index >= 15 is 0 Å². The number of amides is 1. The minimum absolute atomic E-state index is 0.0667. The summed E-state index contributed by atoms with van der Waals surface area (Å²) in [4.78, 5) is 15.7. The van der Waals surface area contributed by atoms with Crippen molar-refractivity contribution in [2.45, 2.75) is 31.8 Å². The van der Waals surface area contributed by atoms with E-state index in [4.69, 9.17) is 5.11 Å². The Balaban J connectivity index is 1.61. The maximum absolute atomic E-state index is 11.5. The van der Waals surface area contributed by atoms with Crippen molar-refractivity contribution in [3.8, 4) is 0 Å². The van der Waals surface area contributed by atoms with Crippen molar-refractivity contribution >= 4 is 5.91 Å². The summed E-state index contributed by atoms with van der Waals surface area (Å²) in [5.74, 6) is 0.529. The van der Waals surface area contributed by atoms with Gasteiger partial charge in [-0.25, -0.2) is 0 Å². The largest absolute Gasteiger partial charge is 0.393 e. The molecule has 1 aromatic heterocycles. The molecule has 0 aliphatic heterocycles. The molecule has 0 aromatic carbocycles. The molecule has 1 fully saturated rings. The summed E-state index contributed by atoms with van der Waals surface area (Å²) in [7, 11) is 0. The predicted octanol–water partition coefficient (Wildman–Crippen LogP) is 0.901. The molecule has 92 valence electrons. The number of nitrogens with zero attached hydrogens (tertiary/aromatic N) is 1. The molecule has 0 atom stereocenters. The van der Waals surface area contributed by atoms with Crippen LogP contribution in [0.5, 0.6) is 0 Å². The summed E-state index contributed by atoms with van der Waals surface area (Å²) in [6, 6.07) is 5.72. The summed E-state index contributed by atoms with van der Waals surface area (Å²) >= 11 is 0. The fraction of sp³-hybridized carbons (Fsp3) is 0.538. The quantitative estimate of drug-likeness (QED) is 0.795. The van der Waals surface area contributed by atoms with Crippen LogP contribution in [0, 0.1) is 5.92 Å². The summed E-state index contributed by atoms with van der Waals surface area (Å²) < 4.78 is 0. The summed E-state index contributed by atoms with van der Waals surface area (Å²) in [5, 5.41) is 12.0. The van der Waals surface area contributed by atoms with E-state index in [0.29, 0.717) is 25.3 Å². The average molecular weight is 234 g/mol. The Morgan fingerprint density at radius 2 is 2.29 bits per heavy atom. The van der Waals surface area contributed by atoms with Gasteiger partial charge in [-0.2, -0.15) is 0 Å². The molecule has 2 rings (SSSR count). The molecule has 0 bridgehead atoms. The fourth-order valence-electron chi connectivity index (χ4n) is 2.00. The van der Waals surface area contributed by atoms with Crippen LogP contribution in [-0.2, 0) is 11.2 Å². The van der Waals surface area contributed by atoms with E-state index < -0.39 is 0 Å². The summed E-state index contributed by atoms with van der Waals surface area (Å²) in [5.41, 5.74) is 0.946. The van der Waals surface area contributed by atoms with E-state index in [0.717, 1.165) is 18.5 Å². The van der Waals surface area contributed by atoms with Gasteiger partial charge in [-0.15, -0.1) is 0 Å². The highest BCUT2D eigenvalue weighted by Gasteiger charge is 2.26. The lowest BCUT2D eigenvalue weighted by Gasteiger charge is -2.31. The van der Waals surface area contributed by atoms with Crippen LogP contribution in [0.1, 0.15) is 25.0 Å². The van der Waals surface area contributed by atoms with E-state index in [-0.39, 0.29) is 12.0 Å². The summed E-state index contributed by atoms with van der Waals surface area (Å²) in [6.45, 7) is 0.693. The molecular weight excluding hydrogens is 216 g/mol. The topological polar surface area (TPSA) is 62.2 Å². The fourth-order valence-corrected chi connectivity index (χ4v) is 2.00. The first kappa shape index (κ1) is 12.0. The first-order chi connectivity index (χ1) is 8.24. The monoisotopic (exact) mass is 234 g/mol. The van der Waals surface area contributed by atoms with Crippen LogP contribution in [0.25, 0.3) is 0 Å². The number of rotatable bonds is 5. The maximum atomic E-state index is 11.5. The molecule has 0 radical (unpaired) electrons. The van der Waals surface area contributed by atoms with Crippen LogP contribution < -0.4 is 5.32 Å². The van der Waals surface area contributed by atoms with Gasteiger partial charge >= 0.3 is 0 Å². The minimum Gasteiger partial charge on any atom is -0.393 e. The predicted molar refractivity (Wildman–Crippen MR) is 64.3 cm³/mol. The third-order valence-corrected chi connectivity index (χ3v) is 3.13. The molecule has 1 heterocycles. The molecule has 0 unspecified atom stereocenters. The second-order valence-corrected chi connectivity index (χ2v) is 4.62. The van der Waals surface area contributed by atoms with Gasteiger partial charge < -0.3 is 10.4 Å². The highest BCUT2D eigenvalue weighted by atomic mass is 16.3. The molecule has 0 spiro atoms. The van der Waals surface area contributed by atoms with Crippen LogP contribution >= 0.6 is 0 Å². The van der Waals surface area contributed by atoms with Crippen LogP contribution in [0.15, 0.2) is 24.4 Å². The van der Waals surface area contributed by atoms with Crippen LogP contribution in [0.4, 0.5) is 0 Å². The Kier molecular flexibility index (Phi) is 4.09. The molecule has 4 heteroatoms. The van der Waals surface area contributed by atoms with Gasteiger partial charge in [0.25, 0.3) is 0 Å². The number of aliphatic hydroxyl groups is 1. The third kappa shape index (κ3) is 3.82. The molecular formula is C13H18N2O2. The van der Waals surface area contributed by atoms with Gasteiger partial charge in [-0.3, -0.25) is 9.78 Å². The highest BCUT2D eigenvalue weighted by Crippen LogP contribution is 2.25. The van der Waals surface area contributed by atoms with Crippen molar-refractivity contribution in [1.29, 1.82) is 0 Å². The number of hydrogen-bond donors (Lipinski definition) is 2. The van der Waals surface area contributed by atoms with Crippen molar-refractivity contribution in [3.05, 3.63) is 30.1 Å². The normalized spacial score (nSPS) is 22.9. The van der Waals surface area contributed by atoms with E-state index in [9.17, 15) is 4.79 Å². The zero-order valence-electron chi connectivity index (χ0n) is 9.80. The van der Waals surface area contributed by atoms with Gasteiger partial charge in [-0.05, 0) is 37.3 Å². The molecule has 2 N–H and O–H groups in total. The van der Waals surface area contributed by atoms with Gasteiger partial charge in [0.2, 0.25) is 5.91 Å². The average Bonchev–Trinajstić information content (AvgIpc) is 2.32. The smallest absolute Gasteiger partial charge is 0.220 e. The minimum atomic E-state index is -0.148. The molecule has 1 aliphatic rings. The van der Waals surface area contributed by atoms with Crippen molar-refractivity contribution in [2.24, 2.45) is 5.92 Å². The number of carbonyl (C=O) groups excluding carboxylic acids is 1. The second-order valence-electron chi connectivity index (χ2n) is 4.62. The summed E-state index contributed by atoms with van der Waals surface area (Å²) in [6.07, 6.45) is 4.39. The van der Waals surface area contributed by atoms with Crippen molar-refractivity contribution in [2.75, 3.05) is 6.54 Å². The molecule has 17 heavy (non-hydrogen) atoms. The number of nitrogens with one attached hydrogen (secondary N) is 1. The van der Waals surface area contributed by atoms with Crippen LogP contribution in [0.3, 0.4) is 0 Å².